The van der Waals surface area contributed by atoms with Gasteiger partial charge in [0.25, 0.3) is 0 Å². The lowest BCUT2D eigenvalue weighted by Crippen LogP contribution is -2.37. The largest absolute Gasteiger partial charge is 0.381 e. The normalized spacial score (nSPS) is 21.2. The second kappa shape index (κ2) is 7.43. The van der Waals surface area contributed by atoms with Crippen molar-refractivity contribution in [2.24, 2.45) is 0 Å². The molecule has 1 aliphatic heterocycles. The van der Waals surface area contributed by atoms with Gasteiger partial charge in [0, 0.05) is 25.5 Å². The average Bonchev–Trinajstić information content (AvgIpc) is 2.35. The van der Waals surface area contributed by atoms with E-state index in [1.165, 1.54) is 25.8 Å². The molecule has 1 saturated heterocycles. The Bertz CT molecular complexity index is 408. The zero-order valence-electron chi connectivity index (χ0n) is 11.0. The summed E-state index contributed by atoms with van der Waals surface area (Å²) in [6, 6.07) is 5.24. The molecule has 2 atom stereocenters. The van der Waals surface area contributed by atoms with Gasteiger partial charge >= 0.3 is 0 Å². The van der Waals surface area contributed by atoms with E-state index < -0.39 is 0 Å². The Morgan fingerprint density at radius 1 is 1.26 bits per heavy atom. The number of anilines is 1. The molecule has 5 heteroatoms. The number of nitrogens with one attached hydrogen (secondary N) is 2. The molecular weight excluding hydrogens is 436 g/mol. The van der Waals surface area contributed by atoms with Gasteiger partial charge in [-0.1, -0.05) is 22.4 Å². The van der Waals surface area contributed by atoms with Gasteiger partial charge < -0.3 is 10.6 Å². The molecule has 2 nitrogen and oxygen atoms in total. The van der Waals surface area contributed by atoms with Crippen LogP contribution in [0.4, 0.5) is 5.69 Å². The summed E-state index contributed by atoms with van der Waals surface area (Å²) in [5.41, 5.74) is 1.13. The first-order chi connectivity index (χ1) is 9.06. The summed E-state index contributed by atoms with van der Waals surface area (Å²) in [4.78, 5) is 0. The van der Waals surface area contributed by atoms with Crippen molar-refractivity contribution in [1.29, 1.82) is 0 Å². The summed E-state index contributed by atoms with van der Waals surface area (Å²) in [5.74, 6) is 0. The van der Waals surface area contributed by atoms with Crippen molar-refractivity contribution in [2.75, 3.05) is 11.9 Å². The SMILES string of the molecule is CC(CC1CCCCN1)Nc1c(Br)cc(Br)cc1Br. The first-order valence-electron chi connectivity index (χ1n) is 6.70. The monoisotopic (exact) mass is 452 g/mol. The maximum Gasteiger partial charge on any atom is 0.0631 e. The summed E-state index contributed by atoms with van der Waals surface area (Å²) in [6.07, 6.45) is 5.14. The quantitative estimate of drug-likeness (QED) is 0.644. The second-order valence-electron chi connectivity index (χ2n) is 5.17. The van der Waals surface area contributed by atoms with Crippen LogP contribution in [0.25, 0.3) is 0 Å². The molecule has 0 saturated carbocycles. The number of hydrogen-bond donors (Lipinski definition) is 2. The predicted molar refractivity (Wildman–Crippen MR) is 92.9 cm³/mol. The van der Waals surface area contributed by atoms with Gasteiger partial charge in [-0.15, -0.1) is 0 Å². The summed E-state index contributed by atoms with van der Waals surface area (Å²) in [6.45, 7) is 3.42. The molecule has 2 rings (SSSR count). The minimum Gasteiger partial charge on any atom is -0.381 e. The fourth-order valence-electron chi connectivity index (χ4n) is 2.54. The Morgan fingerprint density at radius 3 is 2.53 bits per heavy atom. The maximum absolute atomic E-state index is 3.61. The van der Waals surface area contributed by atoms with Gasteiger partial charge in [0.05, 0.1) is 5.69 Å². The van der Waals surface area contributed by atoms with E-state index in [1.807, 2.05) is 0 Å². The summed E-state index contributed by atoms with van der Waals surface area (Å²) in [7, 11) is 0. The fraction of sp³-hybridized carbons (Fsp3) is 0.571. The van der Waals surface area contributed by atoms with E-state index in [2.05, 4.69) is 77.5 Å². The molecule has 106 valence electrons. The van der Waals surface area contributed by atoms with Crippen LogP contribution < -0.4 is 10.6 Å². The molecule has 0 spiro atoms. The Morgan fingerprint density at radius 2 is 1.95 bits per heavy atom. The zero-order chi connectivity index (χ0) is 13.8. The summed E-state index contributed by atoms with van der Waals surface area (Å²) in [5, 5.41) is 7.20. The van der Waals surface area contributed by atoms with Crippen LogP contribution >= 0.6 is 47.8 Å². The third kappa shape index (κ3) is 4.73. The molecule has 0 aliphatic carbocycles. The van der Waals surface area contributed by atoms with E-state index in [4.69, 9.17) is 0 Å². The van der Waals surface area contributed by atoms with Gasteiger partial charge in [-0.25, -0.2) is 0 Å². The number of benzene rings is 1. The minimum atomic E-state index is 0.448. The van der Waals surface area contributed by atoms with E-state index in [0.29, 0.717) is 12.1 Å². The molecule has 1 heterocycles. The third-order valence-electron chi connectivity index (χ3n) is 3.45. The maximum atomic E-state index is 3.61. The molecule has 1 aliphatic rings. The number of halogens is 3. The van der Waals surface area contributed by atoms with Crippen molar-refractivity contribution in [3.05, 3.63) is 25.6 Å². The van der Waals surface area contributed by atoms with E-state index in [9.17, 15) is 0 Å². The highest BCUT2D eigenvalue weighted by Gasteiger charge is 2.17. The van der Waals surface area contributed by atoms with Crippen molar-refractivity contribution in [2.45, 2.75) is 44.7 Å². The molecule has 0 amide bonds. The van der Waals surface area contributed by atoms with Crippen LogP contribution in [0.15, 0.2) is 25.6 Å². The summed E-state index contributed by atoms with van der Waals surface area (Å²) < 4.78 is 3.23. The first kappa shape index (κ1) is 15.8. The Hall–Kier alpha value is 0.420. The lowest BCUT2D eigenvalue weighted by molar-refractivity contribution is 0.371. The molecule has 19 heavy (non-hydrogen) atoms. The predicted octanol–water partition coefficient (Wildman–Crippen LogP) is 5.31. The van der Waals surface area contributed by atoms with E-state index in [0.717, 1.165) is 25.5 Å². The van der Waals surface area contributed by atoms with Crippen molar-refractivity contribution >= 4 is 53.5 Å². The van der Waals surface area contributed by atoms with Crippen LogP contribution in [0.3, 0.4) is 0 Å². The number of hydrogen-bond acceptors (Lipinski definition) is 2. The van der Waals surface area contributed by atoms with Gasteiger partial charge in [0.1, 0.15) is 0 Å². The highest BCUT2D eigenvalue weighted by molar-refractivity contribution is 9.11. The molecule has 1 aromatic carbocycles. The van der Waals surface area contributed by atoms with Gasteiger partial charge in [0.2, 0.25) is 0 Å². The van der Waals surface area contributed by atoms with Crippen molar-refractivity contribution < 1.29 is 0 Å². The van der Waals surface area contributed by atoms with Crippen LogP contribution in [0.5, 0.6) is 0 Å². The first-order valence-corrected chi connectivity index (χ1v) is 9.08. The lowest BCUT2D eigenvalue weighted by Gasteiger charge is -2.27. The van der Waals surface area contributed by atoms with Crippen LogP contribution in [-0.4, -0.2) is 18.6 Å². The molecule has 0 radical (unpaired) electrons. The summed E-state index contributed by atoms with van der Waals surface area (Å²) >= 11 is 10.7. The smallest absolute Gasteiger partial charge is 0.0631 e. The van der Waals surface area contributed by atoms with Crippen molar-refractivity contribution in [3.8, 4) is 0 Å². The molecule has 1 fully saturated rings. The average molecular weight is 455 g/mol. The number of piperidine rings is 1. The molecule has 0 aromatic heterocycles. The highest BCUT2D eigenvalue weighted by atomic mass is 79.9. The van der Waals surface area contributed by atoms with Crippen LogP contribution in [0.2, 0.25) is 0 Å². The Balaban J connectivity index is 1.96. The van der Waals surface area contributed by atoms with Crippen LogP contribution in [-0.2, 0) is 0 Å². The van der Waals surface area contributed by atoms with Gasteiger partial charge in [-0.05, 0) is 76.7 Å². The standard InChI is InChI=1S/C14H19Br3N2/c1-9(6-11-4-2-3-5-18-11)19-14-12(16)7-10(15)8-13(14)17/h7-9,11,18-19H,2-6H2,1H3. The number of rotatable bonds is 4. The Labute approximate surface area is 140 Å². The Kier molecular flexibility index (Phi) is 6.18. The van der Waals surface area contributed by atoms with Crippen molar-refractivity contribution in [3.63, 3.8) is 0 Å². The van der Waals surface area contributed by atoms with E-state index >= 15 is 0 Å². The second-order valence-corrected chi connectivity index (χ2v) is 7.80. The molecular formula is C14H19Br3N2. The highest BCUT2D eigenvalue weighted by Crippen LogP contribution is 2.35. The molecule has 1 aromatic rings. The topological polar surface area (TPSA) is 24.1 Å². The molecule has 0 bridgehead atoms. The lowest BCUT2D eigenvalue weighted by atomic mass is 9.99. The van der Waals surface area contributed by atoms with E-state index in [1.54, 1.807) is 0 Å². The molecule has 2 N–H and O–H groups in total. The van der Waals surface area contributed by atoms with Crippen molar-refractivity contribution in [1.82, 2.24) is 5.32 Å². The van der Waals surface area contributed by atoms with Crippen LogP contribution in [0, 0.1) is 0 Å². The van der Waals surface area contributed by atoms with Gasteiger partial charge in [-0.3, -0.25) is 0 Å². The minimum absolute atomic E-state index is 0.448. The third-order valence-corrected chi connectivity index (χ3v) is 5.16. The van der Waals surface area contributed by atoms with Crippen LogP contribution in [0.1, 0.15) is 32.6 Å². The molecule has 2 unspecified atom stereocenters. The van der Waals surface area contributed by atoms with E-state index in [-0.39, 0.29) is 0 Å². The van der Waals surface area contributed by atoms with Gasteiger partial charge in [0.15, 0.2) is 0 Å². The zero-order valence-corrected chi connectivity index (χ0v) is 15.7. The fourth-order valence-corrected chi connectivity index (χ4v) is 5.02. The van der Waals surface area contributed by atoms with Gasteiger partial charge in [-0.2, -0.15) is 0 Å².